The molecule has 0 saturated heterocycles. The minimum absolute atomic E-state index is 0.0319. The quantitative estimate of drug-likeness (QED) is 0.539. The van der Waals surface area contributed by atoms with Crippen LogP contribution in [0.1, 0.15) is 59.1 Å². The Morgan fingerprint density at radius 1 is 1.06 bits per heavy atom. The van der Waals surface area contributed by atoms with Gasteiger partial charge in [-0.25, -0.2) is 0 Å². The predicted octanol–water partition coefficient (Wildman–Crippen LogP) is 5.68. The van der Waals surface area contributed by atoms with Crippen molar-refractivity contribution in [3.63, 3.8) is 0 Å². The Hall–Kier alpha value is -3.15. The molecule has 0 spiro atoms. The molecule has 1 heterocycles. The van der Waals surface area contributed by atoms with E-state index in [0.717, 1.165) is 10.5 Å². The predicted molar refractivity (Wildman–Crippen MR) is 128 cm³/mol. The number of aryl methyl sites for hydroxylation is 2. The van der Waals surface area contributed by atoms with Crippen LogP contribution in [0.25, 0.3) is 0 Å². The van der Waals surface area contributed by atoms with Crippen LogP contribution in [-0.4, -0.2) is 23.4 Å². The first-order valence-corrected chi connectivity index (χ1v) is 10.8. The second-order valence-corrected chi connectivity index (χ2v) is 8.29. The smallest absolute Gasteiger partial charge is 0.258 e. The molecule has 3 aromatic rings. The Bertz CT molecular complexity index is 1280. The topological polar surface area (TPSA) is 69.6 Å². The third-order valence-electron chi connectivity index (χ3n) is 5.58. The summed E-state index contributed by atoms with van der Waals surface area (Å²) in [5, 5.41) is 13.8. The van der Waals surface area contributed by atoms with E-state index in [2.05, 4.69) is 5.32 Å². The first-order valence-electron chi connectivity index (χ1n) is 11.4. The third kappa shape index (κ3) is 4.40. The fraction of sp³-hybridized carbons (Fsp3) is 0.231. The van der Waals surface area contributed by atoms with E-state index in [1.54, 1.807) is 55.5 Å². The first kappa shape index (κ1) is 19.5. The van der Waals surface area contributed by atoms with Gasteiger partial charge in [0, 0.05) is 42.3 Å². The van der Waals surface area contributed by atoms with Crippen molar-refractivity contribution in [2.24, 2.45) is 0 Å². The van der Waals surface area contributed by atoms with E-state index in [4.69, 9.17) is 14.3 Å². The summed E-state index contributed by atoms with van der Waals surface area (Å²) in [6.07, 6.45) is -0.801. The van der Waals surface area contributed by atoms with E-state index < -0.39 is 18.5 Å². The Morgan fingerprint density at radius 3 is 2.59 bits per heavy atom. The number of hydrogen-bond acceptors (Lipinski definition) is 3. The summed E-state index contributed by atoms with van der Waals surface area (Å²) >= 11 is 6.11. The van der Waals surface area contributed by atoms with E-state index in [9.17, 15) is 14.7 Å². The van der Waals surface area contributed by atoms with Gasteiger partial charge in [-0.2, -0.15) is 0 Å². The average Bonchev–Trinajstić information content (AvgIpc) is 2.87. The number of benzene rings is 3. The van der Waals surface area contributed by atoms with E-state index in [1.807, 2.05) is 19.1 Å². The molecule has 3 aromatic carbocycles. The molecule has 32 heavy (non-hydrogen) atoms. The largest absolute Gasteiger partial charge is 0.388 e. The van der Waals surface area contributed by atoms with Gasteiger partial charge >= 0.3 is 0 Å². The van der Waals surface area contributed by atoms with Crippen molar-refractivity contribution in [1.82, 2.24) is 0 Å². The molecule has 1 aliphatic rings. The number of nitrogens with one attached hydrogen (secondary N) is 1. The fourth-order valence-corrected chi connectivity index (χ4v) is 4.04. The Kier molecular flexibility index (Phi) is 5.58. The van der Waals surface area contributed by atoms with E-state index in [-0.39, 0.29) is 18.7 Å². The molecule has 0 radical (unpaired) electrons. The highest BCUT2D eigenvalue weighted by Crippen LogP contribution is 2.36. The lowest BCUT2D eigenvalue weighted by Crippen LogP contribution is -2.32. The number of rotatable bonds is 3. The van der Waals surface area contributed by atoms with Gasteiger partial charge in [-0.1, -0.05) is 29.8 Å². The Labute approximate surface area is 195 Å². The van der Waals surface area contributed by atoms with E-state index in [0.29, 0.717) is 38.7 Å². The van der Waals surface area contributed by atoms with Crippen LogP contribution in [0.5, 0.6) is 0 Å². The second-order valence-electron chi connectivity index (χ2n) is 7.86. The molecule has 0 bridgehead atoms. The molecule has 4 rings (SSSR count). The molecule has 1 aliphatic heterocycles. The minimum atomic E-state index is -2.01. The number of carbonyl (C=O) groups excluding carboxylic acids is 2. The molecule has 5 nitrogen and oxygen atoms in total. The van der Waals surface area contributed by atoms with Gasteiger partial charge in [0.2, 0.25) is 0 Å². The van der Waals surface area contributed by atoms with Gasteiger partial charge in [0.05, 0.1) is 6.10 Å². The number of nitrogens with zero attached hydrogens (tertiary/aromatic N) is 1. The van der Waals surface area contributed by atoms with Crippen molar-refractivity contribution in [3.05, 3.63) is 93.5 Å². The summed E-state index contributed by atoms with van der Waals surface area (Å²) in [6.45, 7) is 1.59. The van der Waals surface area contributed by atoms with Crippen LogP contribution in [0.2, 0.25) is 5.02 Å². The van der Waals surface area contributed by atoms with Crippen molar-refractivity contribution in [3.8, 4) is 0 Å². The van der Waals surface area contributed by atoms with Crippen molar-refractivity contribution in [2.75, 3.05) is 16.7 Å². The van der Waals surface area contributed by atoms with Gasteiger partial charge in [-0.3, -0.25) is 9.59 Å². The van der Waals surface area contributed by atoms with Crippen LogP contribution in [0.4, 0.5) is 11.4 Å². The fourth-order valence-electron chi connectivity index (χ4n) is 3.86. The molecule has 0 fully saturated rings. The molecule has 2 amide bonds. The number of carbonyl (C=O) groups is 2. The number of halogens is 1. The van der Waals surface area contributed by atoms with Crippen LogP contribution >= 0.6 is 11.6 Å². The maximum absolute atomic E-state index is 13.6. The van der Waals surface area contributed by atoms with Gasteiger partial charge in [0.25, 0.3) is 11.8 Å². The van der Waals surface area contributed by atoms with Crippen molar-refractivity contribution >= 4 is 34.8 Å². The standard InChI is InChI=1S/C26H25ClN2O3/c1-16-6-3-4-7-20(16)25(31)28-19-10-11-21(17(2)14-19)26(32)29-13-5-8-24(30)22-15-18(27)9-12-23(22)29/h3-4,6-7,9-12,14-15,24,30H,5,8,13H2,1-2H3,(H,28,31)/i13D2. The number of aliphatic hydroxyl groups excluding tert-OH is 1. The van der Waals surface area contributed by atoms with Crippen molar-refractivity contribution in [1.29, 1.82) is 0 Å². The van der Waals surface area contributed by atoms with Crippen LogP contribution in [-0.2, 0) is 0 Å². The Balaban J connectivity index is 1.67. The van der Waals surface area contributed by atoms with Crippen molar-refractivity contribution < 1.29 is 17.4 Å². The molecular weight excluding hydrogens is 424 g/mol. The molecular formula is C26H25ClN2O3. The highest BCUT2D eigenvalue weighted by atomic mass is 35.5. The molecule has 1 atom stereocenters. The van der Waals surface area contributed by atoms with E-state index >= 15 is 0 Å². The van der Waals surface area contributed by atoms with Crippen LogP contribution < -0.4 is 10.2 Å². The van der Waals surface area contributed by atoms with Crippen molar-refractivity contribution in [2.45, 2.75) is 32.8 Å². The van der Waals surface area contributed by atoms with Gasteiger partial charge < -0.3 is 15.3 Å². The summed E-state index contributed by atoms with van der Waals surface area (Å²) in [5.74, 6) is -0.780. The highest BCUT2D eigenvalue weighted by molar-refractivity contribution is 6.30. The SMILES string of the molecule is [2H]C1([2H])CCC(O)c2cc(Cl)ccc2N1C(=O)c1ccc(NC(=O)c2ccccc2C)cc1C. The third-order valence-corrected chi connectivity index (χ3v) is 5.82. The monoisotopic (exact) mass is 450 g/mol. The lowest BCUT2D eigenvalue weighted by molar-refractivity contribution is 0.0985. The summed E-state index contributed by atoms with van der Waals surface area (Å²) in [6, 6.07) is 16.9. The molecule has 6 heteroatoms. The lowest BCUT2D eigenvalue weighted by Gasteiger charge is -2.24. The van der Waals surface area contributed by atoms with Gasteiger partial charge in [-0.05, 0) is 80.3 Å². The zero-order valence-electron chi connectivity index (χ0n) is 19.9. The molecule has 1 unspecified atom stereocenters. The van der Waals surface area contributed by atoms with Gasteiger partial charge in [0.15, 0.2) is 0 Å². The number of amides is 2. The molecule has 164 valence electrons. The summed E-state index contributed by atoms with van der Waals surface area (Å²) in [4.78, 5) is 27.4. The second kappa shape index (κ2) is 9.15. The van der Waals surface area contributed by atoms with Crippen LogP contribution in [0, 0.1) is 13.8 Å². The first-order chi connectivity index (χ1) is 16.1. The molecule has 0 saturated carbocycles. The van der Waals surface area contributed by atoms with Gasteiger partial charge in [-0.15, -0.1) is 0 Å². The Morgan fingerprint density at radius 2 is 1.84 bits per heavy atom. The zero-order valence-corrected chi connectivity index (χ0v) is 18.6. The van der Waals surface area contributed by atoms with E-state index in [1.165, 1.54) is 0 Å². The van der Waals surface area contributed by atoms with Gasteiger partial charge in [0.1, 0.15) is 0 Å². The number of anilines is 2. The summed E-state index contributed by atoms with van der Waals surface area (Å²) in [5.41, 5.74) is 3.55. The summed E-state index contributed by atoms with van der Waals surface area (Å²) in [7, 11) is 0. The number of fused-ring (bicyclic) bond motifs is 1. The number of hydrogen-bond donors (Lipinski definition) is 2. The average molecular weight is 451 g/mol. The molecule has 0 aromatic heterocycles. The molecule has 2 N–H and O–H groups in total. The maximum atomic E-state index is 13.6. The van der Waals surface area contributed by atoms with Crippen LogP contribution in [0.15, 0.2) is 60.7 Å². The normalized spacial score (nSPS) is 18.1. The lowest BCUT2D eigenvalue weighted by atomic mass is 10.0. The highest BCUT2D eigenvalue weighted by Gasteiger charge is 2.27. The maximum Gasteiger partial charge on any atom is 0.258 e. The number of aliphatic hydroxyl groups is 1. The minimum Gasteiger partial charge on any atom is -0.388 e. The molecule has 0 aliphatic carbocycles. The zero-order chi connectivity index (χ0) is 24.6. The van der Waals surface area contributed by atoms with Crippen LogP contribution in [0.3, 0.4) is 0 Å². The summed E-state index contributed by atoms with van der Waals surface area (Å²) < 4.78 is 17.1.